The third kappa shape index (κ3) is 3.54. The Morgan fingerprint density at radius 3 is 2.55 bits per heavy atom. The molecule has 0 saturated carbocycles. The summed E-state index contributed by atoms with van der Waals surface area (Å²) in [5.41, 5.74) is 1.75. The van der Waals surface area contributed by atoms with Gasteiger partial charge in [0.15, 0.2) is 11.6 Å². The second-order valence-corrected chi connectivity index (χ2v) is 7.05. The van der Waals surface area contributed by atoms with E-state index in [4.69, 9.17) is 0 Å². The number of fused-ring (bicyclic) bond motifs is 1. The van der Waals surface area contributed by atoms with E-state index >= 15 is 0 Å². The van der Waals surface area contributed by atoms with Crippen molar-refractivity contribution in [3.8, 4) is 5.82 Å². The number of hydrogen-bond donors (Lipinski definition) is 2. The third-order valence-electron chi connectivity index (χ3n) is 5.20. The molecule has 4 heterocycles. The highest BCUT2D eigenvalue weighted by Gasteiger charge is 2.26. The molecule has 29 heavy (non-hydrogen) atoms. The van der Waals surface area contributed by atoms with Crippen molar-refractivity contribution >= 4 is 28.7 Å². The number of imidazole rings is 1. The van der Waals surface area contributed by atoms with E-state index in [-0.39, 0.29) is 11.8 Å². The summed E-state index contributed by atoms with van der Waals surface area (Å²) < 4.78 is 1.67. The van der Waals surface area contributed by atoms with Gasteiger partial charge in [-0.2, -0.15) is 5.10 Å². The minimum absolute atomic E-state index is 0.00354. The van der Waals surface area contributed by atoms with Crippen molar-refractivity contribution in [2.45, 2.75) is 12.8 Å². The first kappa shape index (κ1) is 17.4. The summed E-state index contributed by atoms with van der Waals surface area (Å²) in [7, 11) is 0. The third-order valence-corrected chi connectivity index (χ3v) is 5.20. The van der Waals surface area contributed by atoms with E-state index in [9.17, 15) is 4.79 Å². The van der Waals surface area contributed by atoms with E-state index in [0.717, 1.165) is 42.8 Å². The number of piperidine rings is 1. The number of carbonyl (C=O) groups is 1. The second-order valence-electron chi connectivity index (χ2n) is 7.05. The molecule has 2 N–H and O–H groups in total. The fourth-order valence-electron chi connectivity index (χ4n) is 3.61. The maximum atomic E-state index is 12.6. The van der Waals surface area contributed by atoms with Gasteiger partial charge in [-0.1, -0.05) is 12.1 Å². The molecule has 0 aliphatic carbocycles. The number of nitrogens with one attached hydrogen (secondary N) is 2. The van der Waals surface area contributed by atoms with Crippen molar-refractivity contribution in [2.75, 3.05) is 23.3 Å². The van der Waals surface area contributed by atoms with Gasteiger partial charge in [0.05, 0.1) is 11.0 Å². The molecule has 1 aliphatic rings. The number of amides is 1. The largest absolute Gasteiger partial charge is 0.355 e. The van der Waals surface area contributed by atoms with Crippen LogP contribution in [-0.4, -0.2) is 48.9 Å². The average Bonchev–Trinajstić information content (AvgIpc) is 3.43. The second kappa shape index (κ2) is 7.34. The van der Waals surface area contributed by atoms with Gasteiger partial charge in [0.25, 0.3) is 0 Å². The lowest BCUT2D eigenvalue weighted by atomic mass is 9.96. The van der Waals surface area contributed by atoms with Gasteiger partial charge < -0.3 is 9.88 Å². The number of aromatic nitrogens is 6. The van der Waals surface area contributed by atoms with Crippen LogP contribution in [0.4, 0.5) is 11.8 Å². The van der Waals surface area contributed by atoms with E-state index in [1.807, 2.05) is 48.7 Å². The van der Waals surface area contributed by atoms with E-state index in [0.29, 0.717) is 11.8 Å². The van der Waals surface area contributed by atoms with Crippen LogP contribution in [0, 0.1) is 5.92 Å². The van der Waals surface area contributed by atoms with Gasteiger partial charge in [-0.3, -0.25) is 10.1 Å². The topological polar surface area (TPSA) is 105 Å². The lowest BCUT2D eigenvalue weighted by molar-refractivity contribution is -0.120. The maximum Gasteiger partial charge on any atom is 0.229 e. The van der Waals surface area contributed by atoms with E-state index in [1.165, 1.54) is 0 Å². The lowest BCUT2D eigenvalue weighted by Gasteiger charge is -2.31. The molecule has 4 aromatic rings. The van der Waals surface area contributed by atoms with Crippen molar-refractivity contribution in [1.29, 1.82) is 0 Å². The number of benzene rings is 1. The number of hydrogen-bond acceptors (Lipinski definition) is 6. The number of H-pyrrole nitrogens is 1. The molecule has 0 atom stereocenters. The molecule has 9 heteroatoms. The first-order valence-corrected chi connectivity index (χ1v) is 9.60. The standard InChI is InChI=1S/C20H20N8O/c29-19(24-20-22-15-4-1-2-5-16(15)23-20)14-8-12-27(13-9-14)17-6-7-18(26-25-17)28-11-3-10-21-28/h1-7,10-11,14H,8-9,12-13H2,(H2,22,23,24,29). The van der Waals surface area contributed by atoms with Crippen LogP contribution in [0.3, 0.4) is 0 Å². The van der Waals surface area contributed by atoms with E-state index in [2.05, 4.69) is 35.5 Å². The summed E-state index contributed by atoms with van der Waals surface area (Å²) in [5.74, 6) is 1.95. The minimum Gasteiger partial charge on any atom is -0.355 e. The molecule has 0 spiro atoms. The van der Waals surface area contributed by atoms with Gasteiger partial charge in [-0.15, -0.1) is 10.2 Å². The van der Waals surface area contributed by atoms with E-state index < -0.39 is 0 Å². The van der Waals surface area contributed by atoms with Crippen LogP contribution < -0.4 is 10.2 Å². The van der Waals surface area contributed by atoms with Crippen molar-refractivity contribution in [2.24, 2.45) is 5.92 Å². The Morgan fingerprint density at radius 2 is 1.83 bits per heavy atom. The Balaban J connectivity index is 1.19. The summed E-state index contributed by atoms with van der Waals surface area (Å²) in [5, 5.41) is 15.6. The number of nitrogens with zero attached hydrogens (tertiary/aromatic N) is 6. The molecule has 1 fully saturated rings. The normalized spacial score (nSPS) is 15.0. The van der Waals surface area contributed by atoms with Gasteiger partial charge >= 0.3 is 0 Å². The lowest BCUT2D eigenvalue weighted by Crippen LogP contribution is -2.38. The van der Waals surface area contributed by atoms with Crippen molar-refractivity contribution in [3.63, 3.8) is 0 Å². The van der Waals surface area contributed by atoms with Crippen LogP contribution in [0.5, 0.6) is 0 Å². The van der Waals surface area contributed by atoms with Gasteiger partial charge in [0.1, 0.15) is 0 Å². The average molecular weight is 388 g/mol. The van der Waals surface area contributed by atoms with Crippen LogP contribution in [0.25, 0.3) is 16.9 Å². The molecule has 1 saturated heterocycles. The molecule has 1 amide bonds. The monoisotopic (exact) mass is 388 g/mol. The SMILES string of the molecule is O=C(Nc1nc2ccccc2[nH]1)C1CCN(c2ccc(-n3cccn3)nn2)CC1. The highest BCUT2D eigenvalue weighted by atomic mass is 16.2. The zero-order valence-corrected chi connectivity index (χ0v) is 15.7. The molecule has 5 rings (SSSR count). The Bertz CT molecular complexity index is 1080. The first-order chi connectivity index (χ1) is 14.3. The molecule has 9 nitrogen and oxygen atoms in total. The van der Waals surface area contributed by atoms with Crippen LogP contribution in [0.2, 0.25) is 0 Å². The Labute approximate surface area is 166 Å². The van der Waals surface area contributed by atoms with Gasteiger partial charge in [0.2, 0.25) is 11.9 Å². The predicted molar refractivity (Wildman–Crippen MR) is 109 cm³/mol. The summed E-state index contributed by atoms with van der Waals surface area (Å²) >= 11 is 0. The first-order valence-electron chi connectivity index (χ1n) is 9.60. The van der Waals surface area contributed by atoms with Crippen molar-refractivity contribution in [3.05, 3.63) is 54.9 Å². The molecule has 146 valence electrons. The van der Waals surface area contributed by atoms with E-state index in [1.54, 1.807) is 10.9 Å². The molecular weight excluding hydrogens is 368 g/mol. The molecule has 1 aromatic carbocycles. The Hall–Kier alpha value is -3.75. The Kier molecular flexibility index (Phi) is 4.39. The van der Waals surface area contributed by atoms with Crippen molar-refractivity contribution < 1.29 is 4.79 Å². The van der Waals surface area contributed by atoms with Crippen LogP contribution in [0.1, 0.15) is 12.8 Å². The summed E-state index contributed by atoms with van der Waals surface area (Å²) in [6.45, 7) is 1.52. The fourth-order valence-corrected chi connectivity index (χ4v) is 3.61. The number of carbonyl (C=O) groups excluding carboxylic acids is 1. The number of rotatable bonds is 4. The van der Waals surface area contributed by atoms with Gasteiger partial charge in [-0.25, -0.2) is 9.67 Å². The Morgan fingerprint density at radius 1 is 1.03 bits per heavy atom. The molecular formula is C20H20N8O. The predicted octanol–water partition coefficient (Wildman–Crippen LogP) is 2.39. The number of aromatic amines is 1. The highest BCUT2D eigenvalue weighted by molar-refractivity contribution is 5.92. The quantitative estimate of drug-likeness (QED) is 0.556. The zero-order valence-electron chi connectivity index (χ0n) is 15.7. The summed E-state index contributed by atoms with van der Waals surface area (Å²) in [6.07, 6.45) is 5.05. The molecule has 3 aromatic heterocycles. The van der Waals surface area contributed by atoms with Crippen LogP contribution in [-0.2, 0) is 4.79 Å². The fraction of sp³-hybridized carbons (Fsp3) is 0.250. The number of para-hydroxylation sites is 2. The summed E-state index contributed by atoms with van der Waals surface area (Å²) in [6, 6.07) is 13.4. The van der Waals surface area contributed by atoms with Gasteiger partial charge in [0, 0.05) is 31.4 Å². The highest BCUT2D eigenvalue weighted by Crippen LogP contribution is 2.23. The summed E-state index contributed by atoms with van der Waals surface area (Å²) in [4.78, 5) is 22.3. The number of anilines is 2. The van der Waals surface area contributed by atoms with Crippen molar-refractivity contribution in [1.82, 2.24) is 29.9 Å². The zero-order chi connectivity index (χ0) is 19.6. The van der Waals surface area contributed by atoms with Gasteiger partial charge in [-0.05, 0) is 43.2 Å². The van der Waals surface area contributed by atoms with Crippen LogP contribution in [0.15, 0.2) is 54.9 Å². The smallest absolute Gasteiger partial charge is 0.229 e. The van der Waals surface area contributed by atoms with Crippen LogP contribution >= 0.6 is 0 Å². The maximum absolute atomic E-state index is 12.6. The minimum atomic E-state index is -0.0456. The molecule has 0 radical (unpaired) electrons. The molecule has 1 aliphatic heterocycles. The molecule has 0 unspecified atom stereocenters. The molecule has 0 bridgehead atoms.